The number of amides is 2. The Balaban J connectivity index is 1.90. The van der Waals surface area contributed by atoms with Crippen molar-refractivity contribution in [2.24, 2.45) is 5.73 Å². The van der Waals surface area contributed by atoms with Crippen molar-refractivity contribution in [1.82, 2.24) is 0 Å². The van der Waals surface area contributed by atoms with E-state index in [9.17, 15) is 14.4 Å². The highest BCUT2D eigenvalue weighted by molar-refractivity contribution is 6.03. The van der Waals surface area contributed by atoms with E-state index in [1.165, 1.54) is 12.1 Å². The molecule has 0 aliphatic rings. The minimum absolute atomic E-state index is 0.172. The van der Waals surface area contributed by atoms with Gasteiger partial charge in [-0.3, -0.25) is 9.59 Å². The zero-order chi connectivity index (χ0) is 18.9. The third-order valence-electron chi connectivity index (χ3n) is 3.47. The Hall–Kier alpha value is -3.35. The summed E-state index contributed by atoms with van der Waals surface area (Å²) >= 11 is 0. The summed E-state index contributed by atoms with van der Waals surface area (Å²) in [6, 6.07) is 15.2. The molecule has 0 spiro atoms. The van der Waals surface area contributed by atoms with Gasteiger partial charge >= 0.3 is 5.97 Å². The predicted octanol–water partition coefficient (Wildman–Crippen LogP) is 2.12. The molecular weight excluding hydrogens is 336 g/mol. The molecule has 0 aliphatic carbocycles. The maximum atomic E-state index is 12.1. The Kier molecular flexibility index (Phi) is 6.73. The fourth-order valence-electron chi connectivity index (χ4n) is 2.18. The molecule has 0 saturated carbocycles. The van der Waals surface area contributed by atoms with Crippen LogP contribution in [0.15, 0.2) is 54.6 Å². The molecule has 0 radical (unpaired) electrons. The van der Waals surface area contributed by atoms with Crippen molar-refractivity contribution in [3.63, 3.8) is 0 Å². The quantitative estimate of drug-likeness (QED) is 0.705. The molecule has 1 atom stereocenters. The van der Waals surface area contributed by atoms with Crippen LogP contribution in [-0.2, 0) is 14.3 Å². The first-order valence-electron chi connectivity index (χ1n) is 8.08. The maximum Gasteiger partial charge on any atom is 0.347 e. The molecule has 2 rings (SSSR count). The van der Waals surface area contributed by atoms with Gasteiger partial charge in [-0.2, -0.15) is 0 Å². The van der Waals surface area contributed by atoms with Crippen molar-refractivity contribution in [1.29, 1.82) is 0 Å². The number of esters is 1. The summed E-state index contributed by atoms with van der Waals surface area (Å²) in [6.07, 6.45) is -0.428. The van der Waals surface area contributed by atoms with Gasteiger partial charge in [0.25, 0.3) is 11.8 Å². The standard InChI is InChI=1S/C19H20N2O5/c1-2-16(26-13-8-4-3-5-9-13)19(24)25-12-17(22)21-15-11-7-6-10-14(15)18(20)23/h3-11,16H,2,12H2,1H3,(H2,20,23)(H,21,22)/t16-/m0/s1. The van der Waals surface area contributed by atoms with Crippen LogP contribution in [0.25, 0.3) is 0 Å². The van der Waals surface area contributed by atoms with E-state index < -0.39 is 30.5 Å². The number of primary amides is 1. The molecule has 0 fully saturated rings. The van der Waals surface area contributed by atoms with Crippen LogP contribution in [0, 0.1) is 0 Å². The minimum Gasteiger partial charge on any atom is -0.479 e. The first-order valence-corrected chi connectivity index (χ1v) is 8.08. The second-order valence-electron chi connectivity index (χ2n) is 5.39. The number of nitrogens with one attached hydrogen (secondary N) is 1. The number of rotatable bonds is 8. The molecule has 2 aromatic carbocycles. The lowest BCUT2D eigenvalue weighted by atomic mass is 10.1. The van der Waals surface area contributed by atoms with Crippen LogP contribution in [0.1, 0.15) is 23.7 Å². The van der Waals surface area contributed by atoms with Crippen LogP contribution < -0.4 is 15.8 Å². The summed E-state index contributed by atoms with van der Waals surface area (Å²) < 4.78 is 10.6. The van der Waals surface area contributed by atoms with Crippen LogP contribution in [0.5, 0.6) is 5.75 Å². The fourth-order valence-corrected chi connectivity index (χ4v) is 2.18. The molecule has 7 nitrogen and oxygen atoms in total. The van der Waals surface area contributed by atoms with Crippen LogP contribution in [0.2, 0.25) is 0 Å². The molecule has 2 amide bonds. The van der Waals surface area contributed by atoms with Crippen molar-refractivity contribution in [3.8, 4) is 5.75 Å². The van der Waals surface area contributed by atoms with Gasteiger partial charge in [0, 0.05) is 0 Å². The third-order valence-corrected chi connectivity index (χ3v) is 3.47. The Morgan fingerprint density at radius 2 is 1.69 bits per heavy atom. The summed E-state index contributed by atoms with van der Waals surface area (Å²) in [7, 11) is 0. The van der Waals surface area contributed by atoms with Gasteiger partial charge in [-0.1, -0.05) is 37.3 Å². The monoisotopic (exact) mass is 356 g/mol. The van der Waals surface area contributed by atoms with E-state index in [0.717, 1.165) is 0 Å². The number of carbonyl (C=O) groups is 3. The molecule has 0 heterocycles. The van der Waals surface area contributed by atoms with Crippen LogP contribution >= 0.6 is 0 Å². The van der Waals surface area contributed by atoms with E-state index in [1.807, 2.05) is 6.07 Å². The lowest BCUT2D eigenvalue weighted by Gasteiger charge is -2.16. The number of para-hydroxylation sites is 2. The highest BCUT2D eigenvalue weighted by Crippen LogP contribution is 2.15. The van der Waals surface area contributed by atoms with Gasteiger partial charge in [-0.15, -0.1) is 0 Å². The molecule has 0 saturated heterocycles. The number of benzene rings is 2. The zero-order valence-corrected chi connectivity index (χ0v) is 14.3. The Labute approximate surface area is 151 Å². The van der Waals surface area contributed by atoms with Gasteiger partial charge in [0.2, 0.25) is 0 Å². The third kappa shape index (κ3) is 5.34. The van der Waals surface area contributed by atoms with Crippen molar-refractivity contribution in [2.45, 2.75) is 19.4 Å². The van der Waals surface area contributed by atoms with Gasteiger partial charge in [0.15, 0.2) is 12.7 Å². The molecule has 0 aliphatic heterocycles. The van der Waals surface area contributed by atoms with E-state index >= 15 is 0 Å². The maximum absolute atomic E-state index is 12.1. The molecule has 0 aromatic heterocycles. The first-order chi connectivity index (χ1) is 12.5. The molecule has 7 heteroatoms. The number of ether oxygens (including phenoxy) is 2. The molecule has 0 bridgehead atoms. The van der Waals surface area contributed by atoms with Crippen molar-refractivity contribution >= 4 is 23.5 Å². The molecule has 136 valence electrons. The molecule has 2 aromatic rings. The zero-order valence-electron chi connectivity index (χ0n) is 14.3. The molecular formula is C19H20N2O5. The van der Waals surface area contributed by atoms with Gasteiger partial charge in [0.1, 0.15) is 5.75 Å². The smallest absolute Gasteiger partial charge is 0.347 e. The van der Waals surface area contributed by atoms with Gasteiger partial charge in [0.05, 0.1) is 11.3 Å². The van der Waals surface area contributed by atoms with Crippen LogP contribution in [-0.4, -0.2) is 30.5 Å². The Morgan fingerprint density at radius 3 is 2.35 bits per heavy atom. The van der Waals surface area contributed by atoms with Gasteiger partial charge in [-0.05, 0) is 30.7 Å². The first kappa shape index (κ1) is 19.0. The predicted molar refractivity (Wildman–Crippen MR) is 95.7 cm³/mol. The van der Waals surface area contributed by atoms with E-state index in [0.29, 0.717) is 12.2 Å². The molecule has 26 heavy (non-hydrogen) atoms. The topological polar surface area (TPSA) is 108 Å². The minimum atomic E-state index is -0.817. The van der Waals surface area contributed by atoms with E-state index in [1.54, 1.807) is 43.3 Å². The normalized spacial score (nSPS) is 11.3. The highest BCUT2D eigenvalue weighted by atomic mass is 16.6. The van der Waals surface area contributed by atoms with E-state index in [-0.39, 0.29) is 11.3 Å². The number of hydrogen-bond donors (Lipinski definition) is 2. The molecule has 0 unspecified atom stereocenters. The lowest BCUT2D eigenvalue weighted by Crippen LogP contribution is -2.31. The number of hydrogen-bond acceptors (Lipinski definition) is 5. The molecule has 3 N–H and O–H groups in total. The summed E-state index contributed by atoms with van der Waals surface area (Å²) in [4.78, 5) is 35.4. The van der Waals surface area contributed by atoms with Crippen molar-refractivity contribution in [2.75, 3.05) is 11.9 Å². The summed E-state index contributed by atoms with van der Waals surface area (Å²) in [5, 5.41) is 2.50. The van der Waals surface area contributed by atoms with Crippen LogP contribution in [0.4, 0.5) is 5.69 Å². The van der Waals surface area contributed by atoms with E-state index in [4.69, 9.17) is 15.2 Å². The SMILES string of the molecule is CC[C@H](Oc1ccccc1)C(=O)OCC(=O)Nc1ccccc1C(N)=O. The number of nitrogens with two attached hydrogens (primary N) is 1. The second kappa shape index (κ2) is 9.22. The number of anilines is 1. The summed E-state index contributed by atoms with van der Waals surface area (Å²) in [5.41, 5.74) is 5.68. The largest absolute Gasteiger partial charge is 0.479 e. The second-order valence-corrected chi connectivity index (χ2v) is 5.39. The van der Waals surface area contributed by atoms with Gasteiger partial charge < -0.3 is 20.5 Å². The lowest BCUT2D eigenvalue weighted by molar-refractivity contribution is -0.154. The summed E-state index contributed by atoms with van der Waals surface area (Å²) in [6.45, 7) is 1.28. The average Bonchev–Trinajstić information content (AvgIpc) is 2.65. The average molecular weight is 356 g/mol. The van der Waals surface area contributed by atoms with Crippen molar-refractivity contribution < 1.29 is 23.9 Å². The highest BCUT2D eigenvalue weighted by Gasteiger charge is 2.21. The Bertz CT molecular complexity index is 777. The Morgan fingerprint density at radius 1 is 1.04 bits per heavy atom. The van der Waals surface area contributed by atoms with Gasteiger partial charge in [-0.25, -0.2) is 4.79 Å². The van der Waals surface area contributed by atoms with Crippen LogP contribution in [0.3, 0.4) is 0 Å². The van der Waals surface area contributed by atoms with E-state index in [2.05, 4.69) is 5.32 Å². The number of carbonyl (C=O) groups excluding carboxylic acids is 3. The fraction of sp³-hybridized carbons (Fsp3) is 0.211. The summed E-state index contributed by atoms with van der Waals surface area (Å²) in [5.74, 6) is -1.35. The van der Waals surface area contributed by atoms with Crippen molar-refractivity contribution in [3.05, 3.63) is 60.2 Å².